The van der Waals surface area contributed by atoms with Gasteiger partial charge >= 0.3 is 18.5 Å². The molecular formula is C99H92F18N14O12S4. The number of carbonyl (C=O) groups is 4. The second kappa shape index (κ2) is 44.6. The van der Waals surface area contributed by atoms with E-state index in [4.69, 9.17) is 0 Å². The molecule has 5 aromatic carbocycles. The predicted octanol–water partition coefficient (Wildman–Crippen LogP) is 18.0. The van der Waals surface area contributed by atoms with Gasteiger partial charge in [-0.2, -0.15) is 56.7 Å². The Kier molecular flexibility index (Phi) is 33.0. The molecule has 0 spiro atoms. The largest absolute Gasteiger partial charge is 0.433 e. The number of nitrogens with zero attached hydrogens (tertiary/aromatic N) is 14. The summed E-state index contributed by atoms with van der Waals surface area (Å²) in [6, 6.07) is 27.3. The minimum absolute atomic E-state index is 0.0239. The van der Waals surface area contributed by atoms with E-state index in [1.165, 1.54) is 88.3 Å². The van der Waals surface area contributed by atoms with E-state index in [0.717, 1.165) is 144 Å². The summed E-state index contributed by atoms with van der Waals surface area (Å²) in [5.74, 6) is -8.29. The summed E-state index contributed by atoms with van der Waals surface area (Å²) in [6.45, 7) is 0.710. The number of Topliss-reactive ketones (excluding diaryl/α,β-unsaturated/α-hetero) is 4. The van der Waals surface area contributed by atoms with E-state index in [-0.39, 0.29) is 163 Å². The summed E-state index contributed by atoms with van der Waals surface area (Å²) in [5, 5.41) is 0. The minimum atomic E-state index is -4.58. The third-order valence-corrected chi connectivity index (χ3v) is 34.5. The summed E-state index contributed by atoms with van der Waals surface area (Å²) in [7, 11) is -16.4. The van der Waals surface area contributed by atoms with Crippen molar-refractivity contribution in [2.24, 2.45) is 17.8 Å². The van der Waals surface area contributed by atoms with Crippen LogP contribution in [0.5, 0.6) is 0 Å². The Labute approximate surface area is 832 Å². The number of anilines is 1. The fourth-order valence-corrected chi connectivity index (χ4v) is 26.5. The summed E-state index contributed by atoms with van der Waals surface area (Å²) in [6.07, 6.45) is -5.69. The first-order valence-electron chi connectivity index (χ1n) is 46.4. The highest BCUT2D eigenvalue weighted by Crippen LogP contribution is 2.49. The van der Waals surface area contributed by atoms with E-state index in [0.29, 0.717) is 76.5 Å². The monoisotopic (exact) mass is 2140 g/mol. The van der Waals surface area contributed by atoms with Crippen molar-refractivity contribution in [1.29, 1.82) is 0 Å². The Morgan fingerprint density at radius 3 is 1.11 bits per heavy atom. The third-order valence-electron chi connectivity index (χ3n) is 26.8. The number of pyridine rings is 3. The van der Waals surface area contributed by atoms with Crippen LogP contribution in [-0.4, -0.2) is 200 Å². The Morgan fingerprint density at radius 2 is 0.728 bits per heavy atom. The molecule has 4 bridgehead atoms. The van der Waals surface area contributed by atoms with Crippen LogP contribution < -0.4 is 4.90 Å². The van der Waals surface area contributed by atoms with Gasteiger partial charge in [0.2, 0.25) is 46.0 Å². The van der Waals surface area contributed by atoms with Crippen LogP contribution in [0.25, 0.3) is 33.8 Å². The molecule has 11 heterocycles. The molecule has 5 saturated heterocycles. The van der Waals surface area contributed by atoms with Crippen LogP contribution in [0.15, 0.2) is 227 Å². The summed E-state index contributed by atoms with van der Waals surface area (Å²) < 4.78 is 348. The third kappa shape index (κ3) is 25.5. The maximum atomic E-state index is 14.6. The van der Waals surface area contributed by atoms with Gasteiger partial charge in [0, 0.05) is 128 Å². The van der Waals surface area contributed by atoms with E-state index >= 15 is 0 Å². The predicted molar refractivity (Wildman–Crippen MR) is 494 cm³/mol. The van der Waals surface area contributed by atoms with Crippen LogP contribution in [0.4, 0.5) is 84.7 Å². The fraction of sp³-hybridized carbons (Fsp3) is 0.384. The number of halogens is 18. The van der Waals surface area contributed by atoms with Crippen molar-refractivity contribution in [1.82, 2.24) is 62.1 Å². The standard InChI is InChI=1S/C26H23F4N3O3S.C25H28F5N3O3S.C25H22F4N4O3S.C23H19F5N4O3S/c27-19-6-10-22(11-7-19)37(35,36)33-21-9-3-17(13-21)25(33)24(34)12-8-20-14-23(32-15-31-20)16-1-4-18(5-2-16)26(28,29)30;1-25(29,30)16-8-10-32(11-9-16)22-13-19(31-14-21(22)28)4-7-24(34)23-12-18(27)15-33(23)37(35,36)20-5-2-17(26)3-6-20;26-17-3-7-20(8-4-17)37(35,36)33-19-6-1-15(11-19)24(33)22(34)9-5-18-12-21(32-14-31-18)16-2-10-23(30-13-16)25(27,28)29;24-15-2-5-17(6-3-15)36(34,35)32-10-9-18(25)22(32)20(33)7-4-16-11-19(31-13-30-16)14-1-8-21(29-12-14)23(26,27)28/h1-2,4-7,10-11,14-15,17,21,25H,3,8-9,12-13H2;2-3,5-6,13-14,16,18,23H,4,7-12,15H2,1H3;2-4,7-8,10,12-15,19,24H,1,5-6,9,11H2;1-3,5-6,8,11-13,18,22H,4,7,9-10H2/t17-,21+,25-;18-,23+;15-,19+,24-;18-,22+/m0101/s1. The number of ketones is 4. The number of rotatable bonds is 29. The van der Waals surface area contributed by atoms with Crippen molar-refractivity contribution < 1.29 is 132 Å². The highest BCUT2D eigenvalue weighted by molar-refractivity contribution is 7.90. The highest BCUT2D eigenvalue weighted by atomic mass is 32.2. The summed E-state index contributed by atoms with van der Waals surface area (Å²) >= 11 is 0. The molecule has 7 fully saturated rings. The molecule has 5 aliphatic heterocycles. The maximum absolute atomic E-state index is 14.6. The van der Waals surface area contributed by atoms with Gasteiger partial charge < -0.3 is 4.90 Å². The second-order valence-electron chi connectivity index (χ2n) is 36.4. The Morgan fingerprint density at radius 1 is 0.361 bits per heavy atom. The zero-order valence-electron chi connectivity index (χ0n) is 77.6. The van der Waals surface area contributed by atoms with Gasteiger partial charge in [0.1, 0.15) is 72.0 Å². The van der Waals surface area contributed by atoms with Crippen molar-refractivity contribution in [2.45, 2.75) is 215 Å². The molecule has 0 radical (unpaired) electrons. The molecule has 11 aromatic rings. The van der Waals surface area contributed by atoms with Gasteiger partial charge in [-0.15, -0.1) is 0 Å². The summed E-state index contributed by atoms with van der Waals surface area (Å²) in [4.78, 5) is 89.0. The van der Waals surface area contributed by atoms with E-state index in [2.05, 4.69) is 44.9 Å². The summed E-state index contributed by atoms with van der Waals surface area (Å²) in [5.41, 5.74) is 1.33. The van der Waals surface area contributed by atoms with Gasteiger partial charge in [-0.05, 0) is 260 Å². The molecule has 6 aromatic heterocycles. The number of aryl methyl sites for hydroxylation is 4. The Hall–Kier alpha value is -12.4. The molecule has 0 unspecified atom stereocenters. The molecular weight excluding hydrogens is 2050 g/mol. The van der Waals surface area contributed by atoms with E-state index in [9.17, 15) is 132 Å². The number of fused-ring (bicyclic) bond motifs is 4. The molecule has 18 rings (SSSR count). The van der Waals surface area contributed by atoms with Crippen molar-refractivity contribution >= 4 is 68.9 Å². The quantitative estimate of drug-likeness (QED) is 0.0393. The molecule has 780 valence electrons. The van der Waals surface area contributed by atoms with Crippen LogP contribution in [0, 0.1) is 46.8 Å². The number of alkyl halides is 13. The molecule has 0 N–H and O–H groups in total. The number of sulfonamides is 4. The van der Waals surface area contributed by atoms with Gasteiger partial charge in [0.25, 0.3) is 0 Å². The molecule has 48 heteroatoms. The lowest BCUT2D eigenvalue weighted by molar-refractivity contribution is -0.141. The Balaban J connectivity index is 0.000000147. The van der Waals surface area contributed by atoms with Gasteiger partial charge in [0.05, 0.1) is 72.2 Å². The average Bonchev–Trinajstić information content (AvgIpc) is 1.59. The van der Waals surface area contributed by atoms with Gasteiger partial charge in [-0.1, -0.05) is 12.1 Å². The topological polar surface area (TPSA) is 337 Å². The van der Waals surface area contributed by atoms with Gasteiger partial charge in [0.15, 0.2) is 29.0 Å². The molecule has 7 aliphatic rings. The normalized spacial score (nSPS) is 21.2. The molecule has 2 saturated carbocycles. The van der Waals surface area contributed by atoms with Gasteiger partial charge in [-0.25, -0.2) is 103 Å². The van der Waals surface area contributed by atoms with E-state index < -0.39 is 171 Å². The van der Waals surface area contributed by atoms with Crippen molar-refractivity contribution in [3.05, 3.63) is 276 Å². The highest BCUT2D eigenvalue weighted by Gasteiger charge is 2.57. The first-order valence-corrected chi connectivity index (χ1v) is 52.1. The zero-order valence-corrected chi connectivity index (χ0v) is 80.9. The van der Waals surface area contributed by atoms with Crippen LogP contribution in [0.2, 0.25) is 0 Å². The van der Waals surface area contributed by atoms with Gasteiger partial charge in [-0.3, -0.25) is 34.1 Å². The number of aromatic nitrogens is 9. The molecule has 0 amide bonds. The average molecular weight is 2140 g/mol. The smallest absolute Gasteiger partial charge is 0.369 e. The number of benzene rings is 5. The maximum Gasteiger partial charge on any atom is 0.433 e. The lowest BCUT2D eigenvalue weighted by atomic mass is 9.91. The van der Waals surface area contributed by atoms with Crippen LogP contribution in [0.3, 0.4) is 0 Å². The van der Waals surface area contributed by atoms with Crippen LogP contribution >= 0.6 is 0 Å². The Bertz CT molecular complexity index is 6860. The molecule has 10 atom stereocenters. The molecule has 2 aliphatic carbocycles. The number of hydrogen-bond acceptors (Lipinski definition) is 22. The minimum Gasteiger partial charge on any atom is -0.369 e. The lowest BCUT2D eigenvalue weighted by Crippen LogP contribution is -2.49. The van der Waals surface area contributed by atoms with E-state index in [1.54, 1.807) is 17.0 Å². The molecule has 26 nitrogen and oxygen atoms in total. The number of hydrogen-bond donors (Lipinski definition) is 0. The van der Waals surface area contributed by atoms with E-state index in [1.807, 2.05) is 0 Å². The lowest BCUT2D eigenvalue weighted by Gasteiger charge is -2.36. The number of carbonyl (C=O) groups excluding carboxylic acids is 4. The van der Waals surface area contributed by atoms with Crippen LogP contribution in [0.1, 0.15) is 137 Å². The first-order chi connectivity index (χ1) is 69.4. The fourth-order valence-electron chi connectivity index (χ4n) is 19.4. The van der Waals surface area contributed by atoms with Crippen LogP contribution in [-0.2, 0) is 103 Å². The number of piperidine rings is 3. The second-order valence-corrected chi connectivity index (χ2v) is 43.9. The first kappa shape index (κ1) is 109. The zero-order chi connectivity index (χ0) is 106. The van der Waals surface area contributed by atoms with Crippen molar-refractivity contribution in [2.75, 3.05) is 31.1 Å². The van der Waals surface area contributed by atoms with Crippen molar-refractivity contribution in [3.8, 4) is 33.8 Å². The van der Waals surface area contributed by atoms with Crippen molar-refractivity contribution in [3.63, 3.8) is 0 Å². The molecule has 147 heavy (non-hydrogen) atoms. The SMILES string of the molecule is CC(F)(F)C1CCN(c2cc(CCC(=O)[C@@H]3C[C@@H](F)CN3S(=O)(=O)c3ccc(F)cc3)ncc2F)CC1.O=C(CCc1cc(-c2ccc(C(F)(F)F)cc2)ncn1)[C@@H]1[C@H]2CC[C@H](C2)N1S(=O)(=O)c1ccc(F)cc1.O=C(CCc1cc(-c2ccc(C(F)(F)F)nc2)ncn1)[C@@H]1[C@H](F)CCN1S(=O)(=O)c1ccc(F)cc1.O=C(CCc1cc(-c2ccc(C(F)(F)F)nc2)ncn1)[C@@H]1[C@H]2CC[C@H](C2)N1S(=O)(=O)c1ccc(F)cc1.